The summed E-state index contributed by atoms with van der Waals surface area (Å²) in [4.78, 5) is 43.7. The van der Waals surface area contributed by atoms with E-state index in [4.69, 9.17) is 9.47 Å². The normalized spacial score (nSPS) is 23.5. The molecule has 0 spiro atoms. The van der Waals surface area contributed by atoms with Gasteiger partial charge in [0.05, 0.1) is 29.8 Å². The number of likely N-dealkylation sites (tertiary alicyclic amines) is 2. The summed E-state index contributed by atoms with van der Waals surface area (Å²) in [6, 6.07) is 20.9. The summed E-state index contributed by atoms with van der Waals surface area (Å²) in [6.45, 7) is 1.95. The van der Waals surface area contributed by atoms with E-state index in [9.17, 15) is 32.7 Å². The van der Waals surface area contributed by atoms with Gasteiger partial charge in [0.1, 0.15) is 6.04 Å². The lowest BCUT2D eigenvalue weighted by atomic mass is 9.98. The molecule has 4 aromatic rings. The maximum atomic E-state index is 13.2. The van der Waals surface area contributed by atoms with Gasteiger partial charge in [0, 0.05) is 49.9 Å². The number of carbonyl (C=O) groups is 2. The van der Waals surface area contributed by atoms with Crippen LogP contribution in [-0.4, -0.2) is 80.8 Å². The molecule has 3 aromatic carbocycles. The van der Waals surface area contributed by atoms with E-state index in [1.165, 1.54) is 0 Å². The first kappa shape index (κ1) is 34.9. The number of ether oxygens (including phenoxy) is 2. The number of H-pyrrole nitrogens is 1. The van der Waals surface area contributed by atoms with Gasteiger partial charge in [0.2, 0.25) is 5.91 Å². The van der Waals surface area contributed by atoms with Crippen molar-refractivity contribution in [2.75, 3.05) is 31.5 Å². The van der Waals surface area contributed by atoms with E-state index >= 15 is 0 Å². The summed E-state index contributed by atoms with van der Waals surface area (Å²) in [6.07, 6.45) is -3.86. The minimum atomic E-state index is -5.06. The number of halogens is 3. The molecule has 4 unspecified atom stereocenters. The molecule has 3 aliphatic heterocycles. The number of hydrogen-bond acceptors (Lipinski definition) is 7. The molecule has 3 aliphatic rings. The summed E-state index contributed by atoms with van der Waals surface area (Å²) in [5.41, 5.74) is 4.28. The van der Waals surface area contributed by atoms with Crippen molar-refractivity contribution in [2.24, 2.45) is 0 Å². The Balaban J connectivity index is 1.05. The number of para-hydroxylation sites is 2. The van der Waals surface area contributed by atoms with Crippen molar-refractivity contribution in [1.82, 2.24) is 19.4 Å². The Bertz CT molecular complexity index is 1920. The van der Waals surface area contributed by atoms with Crippen molar-refractivity contribution in [3.8, 4) is 0 Å². The first-order chi connectivity index (χ1) is 24.6. The van der Waals surface area contributed by atoms with Gasteiger partial charge in [-0.05, 0) is 61.1 Å². The van der Waals surface area contributed by atoms with Crippen molar-refractivity contribution >= 4 is 28.5 Å². The second-order valence-corrected chi connectivity index (χ2v) is 13.5. The van der Waals surface area contributed by atoms with Crippen molar-refractivity contribution in [1.29, 1.82) is 0 Å². The Morgan fingerprint density at radius 1 is 0.922 bits per heavy atom. The Hall–Kier alpha value is -4.50. The van der Waals surface area contributed by atoms with E-state index in [2.05, 4.69) is 15.2 Å². The average Bonchev–Trinajstić information content (AvgIpc) is 3.76. The molecular weight excluding hydrogens is 667 g/mol. The van der Waals surface area contributed by atoms with Gasteiger partial charge in [-0.1, -0.05) is 48.5 Å². The molecule has 270 valence electrons. The van der Waals surface area contributed by atoms with E-state index < -0.39 is 30.3 Å². The first-order valence-corrected chi connectivity index (χ1v) is 17.3. The second-order valence-electron chi connectivity index (χ2n) is 13.5. The average molecular weight is 708 g/mol. The summed E-state index contributed by atoms with van der Waals surface area (Å²) < 4.78 is 54.4. The molecular formula is C37H40F3N5O6. The predicted molar refractivity (Wildman–Crippen MR) is 182 cm³/mol. The van der Waals surface area contributed by atoms with Gasteiger partial charge >= 0.3 is 17.8 Å². The van der Waals surface area contributed by atoms with Crippen LogP contribution in [0.4, 0.5) is 18.9 Å². The zero-order valence-electron chi connectivity index (χ0n) is 27.9. The monoisotopic (exact) mass is 707 g/mol. The highest BCUT2D eigenvalue weighted by atomic mass is 19.4. The Morgan fingerprint density at radius 2 is 1.69 bits per heavy atom. The number of alkyl halides is 3. The third-order valence-corrected chi connectivity index (χ3v) is 10.1. The number of nitrogens with one attached hydrogen (secondary N) is 2. The number of benzene rings is 3. The standard InChI is InChI=1S/C37H40F3N5O6/c38-37(39,40)35(48)44-16-4-9-31(44)33(47)41-26-6-3-5-25(19-26)34-50-28(20-32(51-34)24-12-10-23(22-46)11-13-24)21-43-17-14-27(15-18-43)45-30-8-2-1-7-29(30)42-36(45)49/h1-3,5-8,10-13,19,27-28,31-32,34,46H,4,9,14-18,20-22H2,(H,41,47)(H,42,49). The van der Waals surface area contributed by atoms with Crippen LogP contribution >= 0.6 is 0 Å². The molecule has 11 nitrogen and oxygen atoms in total. The van der Waals surface area contributed by atoms with Crippen LogP contribution in [0.2, 0.25) is 0 Å². The van der Waals surface area contributed by atoms with Crippen LogP contribution in [0.1, 0.15) is 67.2 Å². The topological polar surface area (TPSA) is 129 Å². The van der Waals surface area contributed by atoms with Crippen LogP contribution in [-0.2, 0) is 25.7 Å². The van der Waals surface area contributed by atoms with E-state index in [1.807, 2.05) is 53.1 Å². The van der Waals surface area contributed by atoms with Crippen molar-refractivity contribution < 1.29 is 37.3 Å². The fourth-order valence-electron chi connectivity index (χ4n) is 7.55. The maximum absolute atomic E-state index is 13.2. The molecule has 0 bridgehead atoms. The van der Waals surface area contributed by atoms with Gasteiger partial charge < -0.3 is 34.7 Å². The van der Waals surface area contributed by atoms with Crippen LogP contribution in [0, 0.1) is 0 Å². The molecule has 14 heteroatoms. The smallest absolute Gasteiger partial charge is 0.392 e. The van der Waals surface area contributed by atoms with Crippen LogP contribution in [0.5, 0.6) is 0 Å². The largest absolute Gasteiger partial charge is 0.471 e. The number of imidazole rings is 1. The van der Waals surface area contributed by atoms with Crippen molar-refractivity contribution in [3.63, 3.8) is 0 Å². The number of amides is 2. The van der Waals surface area contributed by atoms with Crippen LogP contribution in [0.15, 0.2) is 77.6 Å². The van der Waals surface area contributed by atoms with Gasteiger partial charge in [0.15, 0.2) is 6.29 Å². The number of aliphatic hydroxyl groups excluding tert-OH is 1. The van der Waals surface area contributed by atoms with Crippen LogP contribution in [0.25, 0.3) is 11.0 Å². The maximum Gasteiger partial charge on any atom is 0.471 e. The number of aliphatic hydroxyl groups is 1. The fourth-order valence-corrected chi connectivity index (χ4v) is 7.55. The predicted octanol–water partition coefficient (Wildman–Crippen LogP) is 5.20. The number of nitrogens with zero attached hydrogens (tertiary/aromatic N) is 3. The van der Waals surface area contributed by atoms with Gasteiger partial charge in [-0.15, -0.1) is 0 Å². The van der Waals surface area contributed by atoms with Crippen molar-refractivity contribution in [3.05, 3.63) is 100.0 Å². The van der Waals surface area contributed by atoms with Gasteiger partial charge in [-0.3, -0.25) is 14.2 Å². The Kier molecular flexibility index (Phi) is 10.0. The Labute approximate surface area is 291 Å². The molecule has 51 heavy (non-hydrogen) atoms. The Morgan fingerprint density at radius 3 is 2.43 bits per heavy atom. The van der Waals surface area contributed by atoms with E-state index in [1.54, 1.807) is 24.3 Å². The molecule has 4 heterocycles. The molecule has 3 fully saturated rings. The molecule has 0 aliphatic carbocycles. The van der Waals surface area contributed by atoms with Crippen molar-refractivity contribution in [2.45, 2.75) is 75.5 Å². The molecule has 3 saturated heterocycles. The SMILES string of the molecule is O=C(Nc1cccc(C2OC(CN3CCC(n4c(=O)[nH]c5ccccc54)CC3)CC(c3ccc(CO)cc3)O2)c1)C1CCCN1C(=O)C(F)(F)F. The molecule has 3 N–H and O–H groups in total. The number of anilines is 1. The highest BCUT2D eigenvalue weighted by Crippen LogP contribution is 2.39. The number of carbonyl (C=O) groups excluding carboxylic acids is 2. The molecule has 4 atom stereocenters. The van der Waals surface area contributed by atoms with E-state index in [0.717, 1.165) is 48.1 Å². The molecule has 0 radical (unpaired) electrons. The van der Waals surface area contributed by atoms with E-state index in [0.29, 0.717) is 35.5 Å². The lowest BCUT2D eigenvalue weighted by Crippen LogP contribution is -2.48. The van der Waals surface area contributed by atoms with Gasteiger partial charge in [0.25, 0.3) is 0 Å². The summed E-state index contributed by atoms with van der Waals surface area (Å²) in [5, 5.41) is 12.3. The summed E-state index contributed by atoms with van der Waals surface area (Å²) in [5.74, 6) is -2.70. The van der Waals surface area contributed by atoms with Crippen LogP contribution in [0.3, 0.4) is 0 Å². The third-order valence-electron chi connectivity index (χ3n) is 10.1. The molecule has 0 saturated carbocycles. The zero-order valence-corrected chi connectivity index (χ0v) is 27.9. The zero-order chi connectivity index (χ0) is 35.7. The van der Waals surface area contributed by atoms with Crippen LogP contribution < -0.4 is 11.0 Å². The molecule has 7 rings (SSSR count). The lowest BCUT2D eigenvalue weighted by molar-refractivity contribution is -0.253. The van der Waals surface area contributed by atoms with Gasteiger partial charge in [-0.25, -0.2) is 4.79 Å². The quantitative estimate of drug-likeness (QED) is 0.230. The third kappa shape index (κ3) is 7.59. The number of aromatic nitrogens is 2. The highest BCUT2D eigenvalue weighted by molar-refractivity contribution is 5.98. The number of aromatic amines is 1. The van der Waals surface area contributed by atoms with E-state index in [-0.39, 0.29) is 43.5 Å². The highest BCUT2D eigenvalue weighted by Gasteiger charge is 2.47. The minimum absolute atomic E-state index is 0.0758. The molecule has 1 aromatic heterocycles. The number of rotatable bonds is 8. The first-order valence-electron chi connectivity index (χ1n) is 17.3. The summed E-state index contributed by atoms with van der Waals surface area (Å²) in [7, 11) is 0. The number of hydrogen-bond donors (Lipinski definition) is 3. The minimum Gasteiger partial charge on any atom is -0.392 e. The fraction of sp³-hybridized carbons (Fsp3) is 0.432. The number of fused-ring (bicyclic) bond motifs is 1. The second kappa shape index (κ2) is 14.6. The van der Waals surface area contributed by atoms with Gasteiger partial charge in [-0.2, -0.15) is 13.2 Å². The number of piperidine rings is 1. The molecule has 2 amide bonds. The summed E-state index contributed by atoms with van der Waals surface area (Å²) >= 11 is 0. The lowest BCUT2D eigenvalue weighted by Gasteiger charge is -2.40.